The number of aliphatic hydroxyl groups excluding tert-OH is 6. The maximum Gasteiger partial charge on any atom is 0.0629 e. The fourth-order valence-corrected chi connectivity index (χ4v) is 1.06. The third-order valence-corrected chi connectivity index (χ3v) is 2.83. The zero-order chi connectivity index (χ0) is 15.4. The van der Waals surface area contributed by atoms with Crippen molar-refractivity contribution in [2.45, 2.75) is 0 Å². The van der Waals surface area contributed by atoms with Crippen LogP contribution in [-0.2, 0) is 4.74 Å². The first kappa shape index (κ1) is 20.8. The van der Waals surface area contributed by atoms with Gasteiger partial charge in [-0.1, -0.05) is 0 Å². The summed E-state index contributed by atoms with van der Waals surface area (Å²) in [6.45, 7) is 2.99. The largest absolute Gasteiger partial charge is 0.396 e. The molecule has 0 saturated heterocycles. The average Bonchev–Trinajstić information content (AvgIpc) is 2.51. The minimum Gasteiger partial charge on any atom is -0.396 e. The summed E-state index contributed by atoms with van der Waals surface area (Å²) in [5.41, 5.74) is -2.32. The summed E-state index contributed by atoms with van der Waals surface area (Å²) in [5, 5.41) is 54.2. The molecule has 0 radical (unpaired) electrons. The molecule has 0 aliphatic rings. The van der Waals surface area contributed by atoms with Crippen LogP contribution < -0.4 is 0 Å². The predicted octanol–water partition coefficient (Wildman–Crippen LogP) is -2.27. The van der Waals surface area contributed by atoms with Gasteiger partial charge in [0.1, 0.15) is 0 Å². The van der Waals surface area contributed by atoms with Gasteiger partial charge in [-0.15, -0.1) is 13.2 Å². The van der Waals surface area contributed by atoms with E-state index < -0.39 is 50.5 Å². The van der Waals surface area contributed by atoms with E-state index in [1.807, 2.05) is 0 Å². The molecule has 19 heavy (non-hydrogen) atoms. The van der Waals surface area contributed by atoms with Crippen molar-refractivity contribution in [3.63, 3.8) is 0 Å². The fraction of sp³-hybridized carbons (Fsp3) is 0.833. The van der Waals surface area contributed by atoms with E-state index in [1.54, 1.807) is 0 Å². The van der Waals surface area contributed by atoms with Crippen molar-refractivity contribution in [2.24, 2.45) is 10.8 Å². The van der Waals surface area contributed by atoms with Gasteiger partial charge in [0.15, 0.2) is 0 Å². The molecule has 0 saturated carbocycles. The summed E-state index contributed by atoms with van der Waals surface area (Å²) >= 11 is 0. The monoisotopic (exact) mass is 282 g/mol. The lowest BCUT2D eigenvalue weighted by Gasteiger charge is -2.31. The lowest BCUT2D eigenvalue weighted by Crippen LogP contribution is -2.43. The summed E-state index contributed by atoms with van der Waals surface area (Å²) in [4.78, 5) is 0. The molecule has 0 aromatic carbocycles. The molecule has 0 bridgehead atoms. The second-order valence-electron chi connectivity index (χ2n) is 4.44. The summed E-state index contributed by atoms with van der Waals surface area (Å²) in [5.74, 6) is 0. The maximum absolute atomic E-state index is 9.03. The molecule has 0 aromatic heterocycles. The van der Waals surface area contributed by atoms with Crippen LogP contribution in [0.3, 0.4) is 0 Å². The van der Waals surface area contributed by atoms with Crippen molar-refractivity contribution in [1.29, 1.82) is 0 Å². The molecule has 0 rings (SSSR count). The first-order valence-electron chi connectivity index (χ1n) is 5.80. The van der Waals surface area contributed by atoms with Crippen molar-refractivity contribution in [2.75, 3.05) is 52.9 Å². The van der Waals surface area contributed by atoms with Gasteiger partial charge < -0.3 is 35.4 Å². The van der Waals surface area contributed by atoms with Crippen molar-refractivity contribution in [1.82, 2.24) is 0 Å². The summed E-state index contributed by atoms with van der Waals surface area (Å²) in [6.07, 6.45) is 0. The number of aliphatic hydroxyl groups is 6. The molecule has 7 nitrogen and oxygen atoms in total. The third kappa shape index (κ3) is 6.44. The van der Waals surface area contributed by atoms with Crippen LogP contribution in [0.5, 0.6) is 0 Å². The number of rotatable bonds is 10. The number of ether oxygens (including phenoxy) is 1. The lowest BCUT2D eigenvalue weighted by atomic mass is 9.91. The maximum atomic E-state index is 9.03. The topological polar surface area (TPSA) is 131 Å². The van der Waals surface area contributed by atoms with Gasteiger partial charge in [0.25, 0.3) is 0 Å². The normalized spacial score (nSPS) is 11.9. The van der Waals surface area contributed by atoms with Gasteiger partial charge in [-0.3, -0.25) is 0 Å². The Labute approximate surface area is 113 Å². The molecule has 116 valence electrons. The van der Waals surface area contributed by atoms with Crippen LogP contribution >= 0.6 is 0 Å². The molecule has 0 aliphatic carbocycles. The first-order chi connectivity index (χ1) is 9.07. The van der Waals surface area contributed by atoms with E-state index in [4.69, 9.17) is 35.4 Å². The Kier molecular flexibility index (Phi) is 12.4. The Morgan fingerprint density at radius 3 is 0.947 bits per heavy atom. The van der Waals surface area contributed by atoms with Crippen LogP contribution in [0.2, 0.25) is 0 Å². The number of hydrogen-bond donors (Lipinski definition) is 6. The minimum atomic E-state index is -1.16. The molecule has 0 spiro atoms. The predicted molar refractivity (Wildman–Crippen MR) is 69.5 cm³/mol. The fourth-order valence-electron chi connectivity index (χ4n) is 1.06. The summed E-state index contributed by atoms with van der Waals surface area (Å²) in [7, 11) is 0. The van der Waals surface area contributed by atoms with Gasteiger partial charge in [-0.2, -0.15) is 0 Å². The van der Waals surface area contributed by atoms with Gasteiger partial charge in [-0.25, -0.2) is 0 Å². The highest BCUT2D eigenvalue weighted by Crippen LogP contribution is 2.19. The minimum absolute atomic E-state index is 0.141. The van der Waals surface area contributed by atoms with Crippen molar-refractivity contribution >= 4 is 0 Å². The van der Waals surface area contributed by atoms with Crippen molar-refractivity contribution < 1.29 is 35.4 Å². The zero-order valence-corrected chi connectivity index (χ0v) is 11.2. The highest BCUT2D eigenvalue weighted by atomic mass is 16.5. The average molecular weight is 282 g/mol. The summed E-state index contributed by atoms with van der Waals surface area (Å²) < 4.78 is 5.15. The molecule has 0 amide bonds. The van der Waals surface area contributed by atoms with Gasteiger partial charge in [0, 0.05) is 0 Å². The van der Waals surface area contributed by atoms with E-state index >= 15 is 0 Å². The van der Waals surface area contributed by atoms with Gasteiger partial charge >= 0.3 is 0 Å². The van der Waals surface area contributed by atoms with Crippen molar-refractivity contribution in [3.8, 4) is 0 Å². The first-order valence-corrected chi connectivity index (χ1v) is 5.80. The van der Waals surface area contributed by atoms with Gasteiger partial charge in [-0.05, 0) is 0 Å². The Morgan fingerprint density at radius 2 is 0.789 bits per heavy atom. The molecule has 6 N–H and O–H groups in total. The van der Waals surface area contributed by atoms with E-state index in [0.717, 1.165) is 0 Å². The quantitative estimate of drug-likeness (QED) is 0.249. The second-order valence-corrected chi connectivity index (χ2v) is 4.44. The van der Waals surface area contributed by atoms with E-state index in [-0.39, 0.29) is 13.2 Å². The van der Waals surface area contributed by atoms with E-state index in [0.29, 0.717) is 0 Å². The highest BCUT2D eigenvalue weighted by Gasteiger charge is 2.32. The molecule has 0 atom stereocenters. The smallest absolute Gasteiger partial charge is 0.0629 e. The Bertz CT molecular complexity index is 166. The second kappa shape index (κ2) is 11.3. The summed E-state index contributed by atoms with van der Waals surface area (Å²) in [6, 6.07) is 0. The van der Waals surface area contributed by atoms with Crippen LogP contribution in [0.25, 0.3) is 0 Å². The molecular formula is C12H26O7. The highest BCUT2D eigenvalue weighted by molar-refractivity contribution is 4.80. The molecule has 0 aliphatic heterocycles. The third-order valence-electron chi connectivity index (χ3n) is 2.83. The van der Waals surface area contributed by atoms with E-state index in [2.05, 4.69) is 13.2 Å². The Morgan fingerprint density at radius 1 is 0.579 bits per heavy atom. The van der Waals surface area contributed by atoms with Crippen LogP contribution in [0, 0.1) is 10.8 Å². The SMILES string of the molecule is C=C.OCC(CO)(CO)COCC(CO)(CO)CO. The Hall–Kier alpha value is -0.540. The van der Waals surface area contributed by atoms with Crippen LogP contribution in [0.15, 0.2) is 13.2 Å². The molecule has 7 heteroatoms. The molecule has 0 heterocycles. The van der Waals surface area contributed by atoms with Crippen molar-refractivity contribution in [3.05, 3.63) is 13.2 Å². The van der Waals surface area contributed by atoms with E-state index in [1.165, 1.54) is 0 Å². The standard InChI is InChI=1S/C10H22O7.C2H4/c11-1-9(2-12,3-13)7-17-8-10(4-14,5-15)6-16;1-2/h11-16H,1-8H2;1-2H2. The molecule has 0 fully saturated rings. The van der Waals surface area contributed by atoms with Crippen LogP contribution in [0.1, 0.15) is 0 Å². The van der Waals surface area contributed by atoms with Gasteiger partial charge in [0.05, 0.1) is 63.7 Å². The van der Waals surface area contributed by atoms with E-state index in [9.17, 15) is 0 Å². The Balaban J connectivity index is 0. The van der Waals surface area contributed by atoms with Crippen LogP contribution in [0.4, 0.5) is 0 Å². The molecule has 0 unspecified atom stereocenters. The zero-order valence-electron chi connectivity index (χ0n) is 11.2. The van der Waals surface area contributed by atoms with Gasteiger partial charge in [0.2, 0.25) is 0 Å². The molecular weight excluding hydrogens is 256 g/mol. The number of hydrogen-bond acceptors (Lipinski definition) is 7. The molecule has 0 aromatic rings. The lowest BCUT2D eigenvalue weighted by molar-refractivity contribution is -0.103. The van der Waals surface area contributed by atoms with Crippen LogP contribution in [-0.4, -0.2) is 83.5 Å².